The van der Waals surface area contributed by atoms with Gasteiger partial charge < -0.3 is 14.9 Å². The zero-order valence-corrected chi connectivity index (χ0v) is 13.9. The number of hydrogen-bond donors (Lipinski definition) is 2. The van der Waals surface area contributed by atoms with E-state index in [9.17, 15) is 4.79 Å². The summed E-state index contributed by atoms with van der Waals surface area (Å²) in [6.07, 6.45) is 0.413. The number of carbonyl (C=O) groups is 1. The summed E-state index contributed by atoms with van der Waals surface area (Å²) < 4.78 is 6.48. The summed E-state index contributed by atoms with van der Waals surface area (Å²) in [7, 11) is 1.82. The standard InChI is InChI=1S/C16H18N6O3/c1-10-18-15(20-22(10)2)11-4-3-5-12(8-11)16(24)17-7-6-13-19-14(9-23)25-21-13/h3-5,8,23H,6-7,9H2,1-2H3,(H,17,24). The van der Waals surface area contributed by atoms with E-state index >= 15 is 0 Å². The van der Waals surface area contributed by atoms with Crippen molar-refractivity contribution in [2.75, 3.05) is 6.54 Å². The van der Waals surface area contributed by atoms with Crippen molar-refractivity contribution in [3.05, 3.63) is 47.4 Å². The van der Waals surface area contributed by atoms with Crippen LogP contribution in [-0.4, -0.2) is 42.5 Å². The Labute approximate surface area is 143 Å². The van der Waals surface area contributed by atoms with Gasteiger partial charge in [0.25, 0.3) is 11.8 Å². The van der Waals surface area contributed by atoms with Gasteiger partial charge in [0, 0.05) is 31.1 Å². The van der Waals surface area contributed by atoms with Crippen molar-refractivity contribution < 1.29 is 14.4 Å². The van der Waals surface area contributed by atoms with Crippen LogP contribution in [0.4, 0.5) is 0 Å². The highest BCUT2D eigenvalue weighted by Crippen LogP contribution is 2.17. The van der Waals surface area contributed by atoms with Crippen LogP contribution in [0.1, 0.15) is 27.9 Å². The van der Waals surface area contributed by atoms with Crippen LogP contribution in [0.3, 0.4) is 0 Å². The molecule has 0 unspecified atom stereocenters. The quantitative estimate of drug-likeness (QED) is 0.674. The molecule has 0 aliphatic carbocycles. The molecule has 9 nitrogen and oxygen atoms in total. The van der Waals surface area contributed by atoms with E-state index < -0.39 is 0 Å². The molecule has 2 heterocycles. The maximum atomic E-state index is 12.3. The number of aliphatic hydroxyl groups excluding tert-OH is 1. The summed E-state index contributed by atoms with van der Waals surface area (Å²) in [4.78, 5) is 20.6. The molecule has 0 spiro atoms. The number of aromatic nitrogens is 5. The van der Waals surface area contributed by atoms with E-state index in [4.69, 9.17) is 9.63 Å². The molecular weight excluding hydrogens is 324 g/mol. The molecule has 0 radical (unpaired) electrons. The van der Waals surface area contributed by atoms with Gasteiger partial charge in [-0.15, -0.1) is 0 Å². The molecule has 9 heteroatoms. The van der Waals surface area contributed by atoms with Crippen LogP contribution in [0.2, 0.25) is 0 Å². The first-order chi connectivity index (χ1) is 12.1. The largest absolute Gasteiger partial charge is 0.387 e. The topological polar surface area (TPSA) is 119 Å². The van der Waals surface area contributed by atoms with Crippen LogP contribution in [0.25, 0.3) is 11.4 Å². The fourth-order valence-electron chi connectivity index (χ4n) is 2.23. The summed E-state index contributed by atoms with van der Waals surface area (Å²) in [6, 6.07) is 7.14. The number of aliphatic hydroxyl groups is 1. The Kier molecular flexibility index (Phi) is 4.85. The van der Waals surface area contributed by atoms with Gasteiger partial charge in [-0.25, -0.2) is 4.98 Å². The van der Waals surface area contributed by atoms with Crippen molar-refractivity contribution in [1.82, 2.24) is 30.2 Å². The highest BCUT2D eigenvalue weighted by molar-refractivity contribution is 5.95. The van der Waals surface area contributed by atoms with E-state index in [1.807, 2.05) is 20.0 Å². The molecule has 0 fully saturated rings. The number of nitrogens with zero attached hydrogens (tertiary/aromatic N) is 5. The van der Waals surface area contributed by atoms with Crippen molar-refractivity contribution >= 4 is 5.91 Å². The third kappa shape index (κ3) is 3.89. The fourth-order valence-corrected chi connectivity index (χ4v) is 2.23. The van der Waals surface area contributed by atoms with Crippen LogP contribution in [0.5, 0.6) is 0 Å². The van der Waals surface area contributed by atoms with Crippen molar-refractivity contribution in [2.45, 2.75) is 20.0 Å². The molecule has 3 aromatic rings. The van der Waals surface area contributed by atoms with Crippen LogP contribution in [0, 0.1) is 6.92 Å². The predicted octanol–water partition coefficient (Wildman–Crippen LogP) is 0.638. The first kappa shape index (κ1) is 16.8. The summed E-state index contributed by atoms with van der Waals surface area (Å²) in [5.74, 6) is 1.77. The molecule has 1 amide bonds. The SMILES string of the molecule is Cc1nc(-c2cccc(C(=O)NCCc3noc(CO)n3)c2)nn1C. The fraction of sp³-hybridized carbons (Fsp3) is 0.312. The van der Waals surface area contributed by atoms with Gasteiger partial charge in [0.1, 0.15) is 12.4 Å². The maximum absolute atomic E-state index is 12.3. The Morgan fingerprint density at radius 2 is 2.20 bits per heavy atom. The van der Waals surface area contributed by atoms with Gasteiger partial charge in [0.05, 0.1) is 0 Å². The first-order valence-corrected chi connectivity index (χ1v) is 7.75. The van der Waals surface area contributed by atoms with Gasteiger partial charge in [0.2, 0.25) is 0 Å². The Hall–Kier alpha value is -3.07. The van der Waals surface area contributed by atoms with Gasteiger partial charge in [-0.3, -0.25) is 9.48 Å². The molecule has 0 bridgehead atoms. The van der Waals surface area contributed by atoms with Crippen molar-refractivity contribution in [3.63, 3.8) is 0 Å². The number of benzene rings is 1. The minimum atomic E-state index is -0.298. The van der Waals surface area contributed by atoms with Gasteiger partial charge in [-0.1, -0.05) is 17.3 Å². The smallest absolute Gasteiger partial charge is 0.252 e. The molecule has 3 rings (SSSR count). The lowest BCUT2D eigenvalue weighted by molar-refractivity contribution is 0.0954. The van der Waals surface area contributed by atoms with Crippen LogP contribution in [0.15, 0.2) is 28.8 Å². The zero-order chi connectivity index (χ0) is 17.8. The molecule has 2 N–H and O–H groups in total. The molecule has 130 valence electrons. The van der Waals surface area contributed by atoms with E-state index in [0.29, 0.717) is 30.2 Å². The Balaban J connectivity index is 1.63. The molecule has 0 aliphatic heterocycles. The first-order valence-electron chi connectivity index (χ1n) is 7.75. The van der Waals surface area contributed by atoms with E-state index in [-0.39, 0.29) is 18.4 Å². The number of carbonyl (C=O) groups excluding carboxylic acids is 1. The number of aryl methyl sites for hydroxylation is 2. The third-order valence-electron chi connectivity index (χ3n) is 3.64. The van der Waals surface area contributed by atoms with Gasteiger partial charge in [-0.2, -0.15) is 10.1 Å². The van der Waals surface area contributed by atoms with Crippen LogP contribution in [-0.2, 0) is 20.1 Å². The highest BCUT2D eigenvalue weighted by atomic mass is 16.5. The normalized spacial score (nSPS) is 10.8. The summed E-state index contributed by atoms with van der Waals surface area (Å²) >= 11 is 0. The highest BCUT2D eigenvalue weighted by Gasteiger charge is 2.11. The lowest BCUT2D eigenvalue weighted by Gasteiger charge is -2.04. The molecule has 0 aliphatic rings. The average Bonchev–Trinajstić information content (AvgIpc) is 3.22. The van der Waals surface area contributed by atoms with Crippen molar-refractivity contribution in [3.8, 4) is 11.4 Å². The zero-order valence-electron chi connectivity index (χ0n) is 13.9. The second-order valence-corrected chi connectivity index (χ2v) is 5.46. The Bertz CT molecular complexity index is 866. The molecular formula is C16H18N6O3. The van der Waals surface area contributed by atoms with Crippen molar-refractivity contribution in [1.29, 1.82) is 0 Å². The Morgan fingerprint density at radius 1 is 1.36 bits per heavy atom. The van der Waals surface area contributed by atoms with Crippen LogP contribution >= 0.6 is 0 Å². The summed E-state index contributed by atoms with van der Waals surface area (Å²) in [6.45, 7) is 1.93. The second-order valence-electron chi connectivity index (χ2n) is 5.46. The summed E-state index contributed by atoms with van der Waals surface area (Å²) in [5.41, 5.74) is 1.30. The van der Waals surface area contributed by atoms with Crippen LogP contribution < -0.4 is 5.32 Å². The lowest BCUT2D eigenvalue weighted by atomic mass is 10.1. The molecule has 2 aromatic heterocycles. The molecule has 0 saturated carbocycles. The predicted molar refractivity (Wildman–Crippen MR) is 87.4 cm³/mol. The Morgan fingerprint density at radius 3 is 2.88 bits per heavy atom. The number of nitrogens with one attached hydrogen (secondary N) is 1. The molecule has 25 heavy (non-hydrogen) atoms. The summed E-state index contributed by atoms with van der Waals surface area (Å²) in [5, 5.41) is 19.7. The maximum Gasteiger partial charge on any atom is 0.252 e. The van der Waals surface area contributed by atoms with E-state index in [1.165, 1.54) is 0 Å². The number of hydrogen-bond acceptors (Lipinski definition) is 7. The monoisotopic (exact) mass is 342 g/mol. The van der Waals surface area contributed by atoms with Crippen molar-refractivity contribution in [2.24, 2.45) is 7.05 Å². The number of rotatable bonds is 6. The third-order valence-corrected chi connectivity index (χ3v) is 3.64. The van der Waals surface area contributed by atoms with Gasteiger partial charge in [0.15, 0.2) is 11.6 Å². The second kappa shape index (κ2) is 7.22. The van der Waals surface area contributed by atoms with E-state index in [1.54, 1.807) is 22.9 Å². The van der Waals surface area contributed by atoms with E-state index in [2.05, 4.69) is 25.5 Å². The molecule has 1 aromatic carbocycles. The molecule has 0 atom stereocenters. The lowest BCUT2D eigenvalue weighted by Crippen LogP contribution is -2.26. The minimum Gasteiger partial charge on any atom is -0.387 e. The van der Waals surface area contributed by atoms with Gasteiger partial charge in [-0.05, 0) is 19.1 Å². The van der Waals surface area contributed by atoms with Gasteiger partial charge >= 0.3 is 0 Å². The average molecular weight is 342 g/mol. The van der Waals surface area contributed by atoms with E-state index in [0.717, 1.165) is 11.4 Å². The molecule has 0 saturated heterocycles. The number of amides is 1. The minimum absolute atomic E-state index is 0.159.